The number of fused-ring (bicyclic) bond motifs is 1. The number of benzene rings is 2. The van der Waals surface area contributed by atoms with Crippen molar-refractivity contribution in [2.75, 3.05) is 6.61 Å². The molecule has 0 unspecified atom stereocenters. The predicted octanol–water partition coefficient (Wildman–Crippen LogP) is 4.73. The maximum absolute atomic E-state index is 14.5. The molecule has 0 N–H and O–H groups in total. The molecule has 150 valence electrons. The second-order valence-corrected chi connectivity index (χ2v) is 7.34. The van der Waals surface area contributed by atoms with E-state index in [0.717, 1.165) is 21.8 Å². The minimum Gasteiger partial charge on any atom is -0.463 e. The van der Waals surface area contributed by atoms with E-state index >= 15 is 0 Å². The van der Waals surface area contributed by atoms with Crippen molar-refractivity contribution < 1.29 is 13.9 Å². The number of esters is 1. The van der Waals surface area contributed by atoms with Crippen molar-refractivity contribution in [1.82, 2.24) is 9.55 Å². The number of nitrogens with zero attached hydrogens (tertiary/aromatic N) is 2. The molecule has 29 heavy (non-hydrogen) atoms. The largest absolute Gasteiger partial charge is 0.463 e. The smallest absolute Gasteiger partial charge is 0.330 e. The number of hydrogen-bond donors (Lipinski definition) is 0. The molecule has 0 spiro atoms. The predicted molar refractivity (Wildman–Crippen MR) is 115 cm³/mol. The van der Waals surface area contributed by atoms with E-state index in [1.807, 2.05) is 32.0 Å². The molecule has 0 aliphatic carbocycles. The minimum atomic E-state index is -0.575. The molecular weight excluding hydrogens is 439 g/mol. The van der Waals surface area contributed by atoms with E-state index in [9.17, 15) is 14.0 Å². The first-order chi connectivity index (χ1) is 13.8. The van der Waals surface area contributed by atoms with E-state index in [1.54, 1.807) is 11.5 Å². The van der Waals surface area contributed by atoms with Crippen molar-refractivity contribution in [1.29, 1.82) is 0 Å². The number of halogens is 2. The average Bonchev–Trinajstić information content (AvgIpc) is 2.67. The fourth-order valence-corrected chi connectivity index (χ4v) is 3.58. The van der Waals surface area contributed by atoms with Crippen LogP contribution in [0.15, 0.2) is 45.7 Å². The first-order valence-corrected chi connectivity index (χ1v) is 10.0. The molecule has 0 aliphatic heterocycles. The van der Waals surface area contributed by atoms with Crippen LogP contribution < -0.4 is 5.56 Å². The van der Waals surface area contributed by atoms with Crippen LogP contribution in [-0.2, 0) is 16.0 Å². The summed E-state index contributed by atoms with van der Waals surface area (Å²) in [6.45, 7) is 5.72. The first-order valence-electron chi connectivity index (χ1n) is 9.22. The van der Waals surface area contributed by atoms with Gasteiger partial charge in [-0.3, -0.25) is 9.36 Å². The third kappa shape index (κ3) is 4.29. The Labute approximate surface area is 176 Å². The standard InChI is InChI=1S/C22H20BrFN2O3/c1-4-20-25-18-12-17(24)14(6-9-21(27)29-5-2)11-16(18)22(28)26(20)19-8-7-15(23)10-13(19)3/h6-12H,4-5H2,1-3H3/b9-6+. The molecule has 3 aromatic rings. The molecule has 0 saturated heterocycles. The topological polar surface area (TPSA) is 61.2 Å². The highest BCUT2D eigenvalue weighted by atomic mass is 79.9. The summed E-state index contributed by atoms with van der Waals surface area (Å²) in [5.41, 5.74) is 1.73. The Balaban J connectivity index is 2.23. The molecule has 1 aromatic heterocycles. The lowest BCUT2D eigenvalue weighted by Gasteiger charge is -2.15. The number of aromatic nitrogens is 2. The molecule has 7 heteroatoms. The summed E-state index contributed by atoms with van der Waals surface area (Å²) in [7, 11) is 0. The highest BCUT2D eigenvalue weighted by Crippen LogP contribution is 2.22. The number of rotatable bonds is 5. The van der Waals surface area contributed by atoms with Gasteiger partial charge < -0.3 is 4.74 Å². The van der Waals surface area contributed by atoms with E-state index in [2.05, 4.69) is 20.9 Å². The molecule has 5 nitrogen and oxygen atoms in total. The molecule has 0 amide bonds. The van der Waals surface area contributed by atoms with Crippen LogP contribution in [0.2, 0.25) is 0 Å². The van der Waals surface area contributed by atoms with Gasteiger partial charge in [0, 0.05) is 28.6 Å². The summed E-state index contributed by atoms with van der Waals surface area (Å²) in [6.07, 6.45) is 2.95. The van der Waals surface area contributed by atoms with Crippen molar-refractivity contribution in [2.45, 2.75) is 27.2 Å². The summed E-state index contributed by atoms with van der Waals surface area (Å²) < 4.78 is 21.8. The number of ether oxygens (including phenoxy) is 1. The monoisotopic (exact) mass is 458 g/mol. The van der Waals surface area contributed by atoms with Gasteiger partial charge in [-0.2, -0.15) is 0 Å². The average molecular weight is 459 g/mol. The Morgan fingerprint density at radius 2 is 2.03 bits per heavy atom. The zero-order valence-electron chi connectivity index (χ0n) is 16.3. The zero-order chi connectivity index (χ0) is 21.1. The van der Waals surface area contributed by atoms with Gasteiger partial charge in [0.15, 0.2) is 0 Å². The highest BCUT2D eigenvalue weighted by molar-refractivity contribution is 9.10. The van der Waals surface area contributed by atoms with Gasteiger partial charge in [-0.15, -0.1) is 0 Å². The fraction of sp³-hybridized carbons (Fsp3) is 0.227. The van der Waals surface area contributed by atoms with Crippen LogP contribution in [0.3, 0.4) is 0 Å². The Morgan fingerprint density at radius 1 is 1.28 bits per heavy atom. The second kappa shape index (κ2) is 8.69. The fourth-order valence-electron chi connectivity index (χ4n) is 3.10. The minimum absolute atomic E-state index is 0.118. The third-order valence-corrected chi connectivity index (χ3v) is 4.95. The van der Waals surface area contributed by atoms with Crippen LogP contribution in [0.5, 0.6) is 0 Å². The Morgan fingerprint density at radius 3 is 2.69 bits per heavy atom. The molecule has 0 atom stereocenters. The van der Waals surface area contributed by atoms with E-state index in [4.69, 9.17) is 4.74 Å². The van der Waals surface area contributed by atoms with Crippen molar-refractivity contribution in [3.63, 3.8) is 0 Å². The van der Waals surface area contributed by atoms with Gasteiger partial charge in [-0.05, 0) is 49.8 Å². The molecule has 0 bridgehead atoms. The van der Waals surface area contributed by atoms with Crippen LogP contribution in [-0.4, -0.2) is 22.1 Å². The SMILES string of the molecule is CCOC(=O)/C=C/c1cc2c(=O)n(-c3ccc(Br)cc3C)c(CC)nc2cc1F. The lowest BCUT2D eigenvalue weighted by molar-refractivity contribution is -0.137. The van der Waals surface area contributed by atoms with Crippen molar-refractivity contribution >= 4 is 38.9 Å². The van der Waals surface area contributed by atoms with Gasteiger partial charge in [0.1, 0.15) is 11.6 Å². The summed E-state index contributed by atoms with van der Waals surface area (Å²) in [5, 5.41) is 0.273. The summed E-state index contributed by atoms with van der Waals surface area (Å²) >= 11 is 3.43. The van der Waals surface area contributed by atoms with Gasteiger partial charge in [0.2, 0.25) is 0 Å². The van der Waals surface area contributed by atoms with Gasteiger partial charge in [0.25, 0.3) is 5.56 Å². The lowest BCUT2D eigenvalue weighted by atomic mass is 10.1. The maximum atomic E-state index is 14.5. The Bertz CT molecular complexity index is 1180. The molecule has 2 aromatic carbocycles. The van der Waals surface area contributed by atoms with Crippen LogP contribution >= 0.6 is 15.9 Å². The Hall–Kier alpha value is -2.80. The highest BCUT2D eigenvalue weighted by Gasteiger charge is 2.15. The van der Waals surface area contributed by atoms with E-state index < -0.39 is 11.8 Å². The van der Waals surface area contributed by atoms with Gasteiger partial charge in [-0.25, -0.2) is 14.2 Å². The number of hydrogen-bond acceptors (Lipinski definition) is 4. The van der Waals surface area contributed by atoms with Crippen molar-refractivity contribution in [3.8, 4) is 5.69 Å². The first kappa shape index (κ1) is 20.9. The van der Waals surface area contributed by atoms with Crippen LogP contribution in [0.25, 0.3) is 22.7 Å². The molecule has 0 saturated carbocycles. The molecule has 3 rings (SSSR count). The van der Waals surface area contributed by atoms with Gasteiger partial charge in [-0.1, -0.05) is 22.9 Å². The zero-order valence-corrected chi connectivity index (χ0v) is 17.9. The van der Waals surface area contributed by atoms with Gasteiger partial charge in [0.05, 0.1) is 23.2 Å². The molecule has 1 heterocycles. The van der Waals surface area contributed by atoms with Crippen molar-refractivity contribution in [2.24, 2.45) is 0 Å². The molecular formula is C22H20BrFN2O3. The molecule has 0 fully saturated rings. The van der Waals surface area contributed by atoms with E-state index in [0.29, 0.717) is 12.2 Å². The second-order valence-electron chi connectivity index (χ2n) is 6.43. The summed E-state index contributed by atoms with van der Waals surface area (Å²) in [4.78, 5) is 29.4. The van der Waals surface area contributed by atoms with Crippen LogP contribution in [0, 0.1) is 12.7 Å². The summed E-state index contributed by atoms with van der Waals surface area (Å²) in [6, 6.07) is 8.26. The van der Waals surface area contributed by atoms with Gasteiger partial charge >= 0.3 is 5.97 Å². The Kier molecular flexibility index (Phi) is 6.27. The molecule has 0 radical (unpaired) electrons. The normalized spacial score (nSPS) is 11.3. The van der Waals surface area contributed by atoms with E-state index in [-0.39, 0.29) is 28.6 Å². The summed E-state index contributed by atoms with van der Waals surface area (Å²) in [5.74, 6) is -0.596. The van der Waals surface area contributed by atoms with Crippen molar-refractivity contribution in [3.05, 3.63) is 74.0 Å². The number of aryl methyl sites for hydroxylation is 2. The number of carbonyl (C=O) groups is 1. The quantitative estimate of drug-likeness (QED) is 0.409. The van der Waals surface area contributed by atoms with E-state index in [1.165, 1.54) is 18.2 Å². The lowest BCUT2D eigenvalue weighted by Crippen LogP contribution is -2.24. The third-order valence-electron chi connectivity index (χ3n) is 4.46. The van der Waals surface area contributed by atoms with Crippen LogP contribution in [0.1, 0.15) is 30.8 Å². The van der Waals surface area contributed by atoms with Crippen LogP contribution in [0.4, 0.5) is 4.39 Å². The number of carbonyl (C=O) groups excluding carboxylic acids is 1. The maximum Gasteiger partial charge on any atom is 0.330 e. The molecule has 0 aliphatic rings.